The van der Waals surface area contributed by atoms with Crippen molar-refractivity contribution in [2.24, 2.45) is 28.1 Å². The van der Waals surface area contributed by atoms with Crippen molar-refractivity contribution >= 4 is 5.97 Å². The van der Waals surface area contributed by atoms with E-state index in [-0.39, 0.29) is 10.8 Å². The van der Waals surface area contributed by atoms with Gasteiger partial charge in [-0.25, -0.2) is 0 Å². The lowest BCUT2D eigenvalue weighted by Crippen LogP contribution is -2.52. The Balaban J connectivity index is 1.99. The molecule has 3 aliphatic carbocycles. The second-order valence-electron chi connectivity index (χ2n) is 8.75. The summed E-state index contributed by atoms with van der Waals surface area (Å²) in [7, 11) is 0. The minimum atomic E-state index is -0.589. The van der Waals surface area contributed by atoms with Gasteiger partial charge in [0.1, 0.15) is 0 Å². The summed E-state index contributed by atoms with van der Waals surface area (Å²) in [5.41, 5.74) is 1.35. The Bertz CT molecular complexity index is 534. The number of aliphatic carboxylic acids is 1. The Morgan fingerprint density at radius 3 is 2.68 bits per heavy atom. The van der Waals surface area contributed by atoms with Crippen molar-refractivity contribution in [3.8, 4) is 0 Å². The minimum Gasteiger partial charge on any atom is -0.481 e. The molecule has 0 aromatic heterocycles. The van der Waals surface area contributed by atoms with Gasteiger partial charge in [-0.15, -0.1) is 6.58 Å². The first kappa shape index (κ1) is 15.8. The normalized spacial score (nSPS) is 47.9. The summed E-state index contributed by atoms with van der Waals surface area (Å²) in [6.07, 6.45) is 12.1. The summed E-state index contributed by atoms with van der Waals surface area (Å²) in [6.45, 7) is 10.7. The number of rotatable bonds is 2. The fourth-order valence-corrected chi connectivity index (χ4v) is 5.87. The Hall–Kier alpha value is -1.05. The molecular formula is C20H30O2. The molecule has 0 aromatic rings. The van der Waals surface area contributed by atoms with Crippen molar-refractivity contribution in [3.05, 3.63) is 24.3 Å². The van der Waals surface area contributed by atoms with E-state index in [4.69, 9.17) is 0 Å². The zero-order chi connectivity index (χ0) is 16.2. The highest BCUT2D eigenvalue weighted by atomic mass is 16.4. The molecule has 0 heterocycles. The quantitative estimate of drug-likeness (QED) is 0.711. The van der Waals surface area contributed by atoms with Gasteiger partial charge in [-0.05, 0) is 68.1 Å². The molecule has 0 spiro atoms. The van der Waals surface area contributed by atoms with Crippen molar-refractivity contribution in [2.45, 2.75) is 65.7 Å². The largest absolute Gasteiger partial charge is 0.481 e. The van der Waals surface area contributed by atoms with Crippen molar-refractivity contribution in [1.29, 1.82) is 0 Å². The molecule has 2 heteroatoms. The second kappa shape index (κ2) is 4.97. The maximum atomic E-state index is 11.9. The molecular weight excluding hydrogens is 272 g/mol. The Kier molecular flexibility index (Phi) is 3.58. The van der Waals surface area contributed by atoms with Gasteiger partial charge in [-0.2, -0.15) is 0 Å². The number of hydrogen-bond acceptors (Lipinski definition) is 1. The fraction of sp³-hybridized carbons (Fsp3) is 0.750. The molecule has 2 nitrogen and oxygen atoms in total. The molecule has 0 bridgehead atoms. The van der Waals surface area contributed by atoms with Crippen LogP contribution in [-0.4, -0.2) is 11.1 Å². The van der Waals surface area contributed by atoms with Crippen LogP contribution in [0.1, 0.15) is 65.7 Å². The molecule has 122 valence electrons. The lowest BCUT2D eigenvalue weighted by atomic mass is 9.46. The zero-order valence-electron chi connectivity index (χ0n) is 14.3. The third-order valence-corrected chi connectivity index (χ3v) is 7.32. The van der Waals surface area contributed by atoms with E-state index in [1.54, 1.807) is 5.57 Å². The molecule has 1 unspecified atom stereocenters. The van der Waals surface area contributed by atoms with E-state index in [1.807, 2.05) is 6.92 Å². The third kappa shape index (κ3) is 2.10. The van der Waals surface area contributed by atoms with E-state index in [9.17, 15) is 9.90 Å². The van der Waals surface area contributed by atoms with E-state index in [1.165, 1.54) is 6.42 Å². The molecule has 0 aromatic carbocycles. The molecule has 3 aliphatic rings. The molecule has 3 rings (SSSR count). The molecule has 2 saturated carbocycles. The molecule has 0 aliphatic heterocycles. The predicted molar refractivity (Wildman–Crippen MR) is 89.5 cm³/mol. The van der Waals surface area contributed by atoms with Gasteiger partial charge in [0.25, 0.3) is 0 Å². The fourth-order valence-electron chi connectivity index (χ4n) is 5.87. The molecule has 0 radical (unpaired) electrons. The monoisotopic (exact) mass is 302 g/mol. The van der Waals surface area contributed by atoms with E-state index in [0.29, 0.717) is 11.8 Å². The van der Waals surface area contributed by atoms with Crippen molar-refractivity contribution in [2.75, 3.05) is 0 Å². The van der Waals surface area contributed by atoms with E-state index in [0.717, 1.165) is 38.5 Å². The molecule has 0 amide bonds. The summed E-state index contributed by atoms with van der Waals surface area (Å²) in [5.74, 6) is 0.338. The Morgan fingerprint density at radius 2 is 2.05 bits per heavy atom. The Labute approximate surface area is 134 Å². The third-order valence-electron chi connectivity index (χ3n) is 7.32. The topological polar surface area (TPSA) is 37.3 Å². The lowest BCUT2D eigenvalue weighted by molar-refractivity contribution is -0.160. The van der Waals surface area contributed by atoms with Gasteiger partial charge in [0, 0.05) is 0 Å². The van der Waals surface area contributed by atoms with Crippen LogP contribution in [-0.2, 0) is 4.79 Å². The first-order chi connectivity index (χ1) is 10.3. The summed E-state index contributed by atoms with van der Waals surface area (Å²) >= 11 is 0. The maximum absolute atomic E-state index is 11.9. The van der Waals surface area contributed by atoms with Gasteiger partial charge in [-0.1, -0.05) is 38.0 Å². The SMILES string of the molecule is C=C[C@]1(C)CC=C2C(CC[C@@H]3[C@](C)(C(=O)O)CCC[C@@]23C)C1. The first-order valence-corrected chi connectivity index (χ1v) is 8.83. The number of carboxylic acids is 1. The van der Waals surface area contributed by atoms with Gasteiger partial charge >= 0.3 is 5.97 Å². The van der Waals surface area contributed by atoms with Gasteiger partial charge in [0.2, 0.25) is 0 Å². The van der Waals surface area contributed by atoms with Crippen molar-refractivity contribution < 1.29 is 9.90 Å². The van der Waals surface area contributed by atoms with Gasteiger partial charge in [0.15, 0.2) is 0 Å². The standard InChI is InChI=1S/C20H30O2/c1-5-18(2)12-9-15-14(13-18)7-8-16-19(15,3)10-6-11-20(16,4)17(21)22/h5,9,14,16H,1,6-8,10-13H2,2-4H3,(H,21,22)/t14?,16-,18+,19-,20+/m0/s1. The number of carboxylic acid groups (broad SMARTS) is 1. The van der Waals surface area contributed by atoms with Crippen LogP contribution in [0.15, 0.2) is 24.3 Å². The molecule has 2 fully saturated rings. The summed E-state index contributed by atoms with van der Waals surface area (Å²) < 4.78 is 0. The number of carbonyl (C=O) groups is 1. The highest BCUT2D eigenvalue weighted by molar-refractivity contribution is 5.75. The molecule has 5 atom stereocenters. The lowest BCUT2D eigenvalue weighted by Gasteiger charge is -2.58. The van der Waals surface area contributed by atoms with Crippen LogP contribution in [0.2, 0.25) is 0 Å². The van der Waals surface area contributed by atoms with Crippen LogP contribution in [0.3, 0.4) is 0 Å². The predicted octanol–water partition coefficient (Wildman–Crippen LogP) is 5.21. The number of hydrogen-bond donors (Lipinski definition) is 1. The molecule has 0 saturated heterocycles. The summed E-state index contributed by atoms with van der Waals surface area (Å²) in [4.78, 5) is 11.9. The average molecular weight is 302 g/mol. The van der Waals surface area contributed by atoms with Crippen LogP contribution in [0.4, 0.5) is 0 Å². The number of allylic oxidation sites excluding steroid dienone is 3. The molecule has 1 N–H and O–H groups in total. The average Bonchev–Trinajstić information content (AvgIpc) is 2.46. The zero-order valence-corrected chi connectivity index (χ0v) is 14.3. The van der Waals surface area contributed by atoms with Crippen LogP contribution < -0.4 is 0 Å². The highest BCUT2D eigenvalue weighted by Crippen LogP contribution is 2.63. The van der Waals surface area contributed by atoms with Gasteiger partial charge < -0.3 is 5.11 Å². The summed E-state index contributed by atoms with van der Waals surface area (Å²) in [6, 6.07) is 0. The van der Waals surface area contributed by atoms with E-state index < -0.39 is 11.4 Å². The van der Waals surface area contributed by atoms with E-state index >= 15 is 0 Å². The van der Waals surface area contributed by atoms with Crippen LogP contribution in [0, 0.1) is 28.1 Å². The van der Waals surface area contributed by atoms with Gasteiger partial charge in [0.05, 0.1) is 5.41 Å². The van der Waals surface area contributed by atoms with Gasteiger partial charge in [-0.3, -0.25) is 4.79 Å². The summed E-state index contributed by atoms with van der Waals surface area (Å²) in [5, 5.41) is 9.84. The van der Waals surface area contributed by atoms with E-state index in [2.05, 4.69) is 32.6 Å². The van der Waals surface area contributed by atoms with Crippen LogP contribution in [0.5, 0.6) is 0 Å². The van der Waals surface area contributed by atoms with Crippen molar-refractivity contribution in [1.82, 2.24) is 0 Å². The second-order valence-corrected chi connectivity index (χ2v) is 8.75. The minimum absolute atomic E-state index is 0.0941. The highest BCUT2D eigenvalue weighted by Gasteiger charge is 2.57. The smallest absolute Gasteiger partial charge is 0.309 e. The Morgan fingerprint density at radius 1 is 1.32 bits per heavy atom. The first-order valence-electron chi connectivity index (χ1n) is 8.83. The molecule has 22 heavy (non-hydrogen) atoms. The maximum Gasteiger partial charge on any atom is 0.309 e. The van der Waals surface area contributed by atoms with Crippen LogP contribution >= 0.6 is 0 Å². The van der Waals surface area contributed by atoms with Crippen LogP contribution in [0.25, 0.3) is 0 Å². The van der Waals surface area contributed by atoms with Crippen molar-refractivity contribution in [3.63, 3.8) is 0 Å². The number of fused-ring (bicyclic) bond motifs is 3.